The van der Waals surface area contributed by atoms with Gasteiger partial charge in [-0.25, -0.2) is 9.59 Å². The Morgan fingerprint density at radius 2 is 1.76 bits per heavy atom. The molecule has 0 saturated carbocycles. The van der Waals surface area contributed by atoms with Crippen LogP contribution in [0.15, 0.2) is 40.0 Å². The number of hydrogen-bond acceptors (Lipinski definition) is 6. The van der Waals surface area contributed by atoms with Crippen LogP contribution < -0.4 is 4.90 Å². The van der Waals surface area contributed by atoms with Crippen molar-refractivity contribution in [1.29, 1.82) is 0 Å². The fourth-order valence-electron chi connectivity index (χ4n) is 1.97. The molecule has 7 heteroatoms. The summed E-state index contributed by atoms with van der Waals surface area (Å²) in [6.07, 6.45) is 0. The Kier molecular flexibility index (Phi) is 4.98. The van der Waals surface area contributed by atoms with E-state index >= 15 is 0 Å². The van der Waals surface area contributed by atoms with Gasteiger partial charge in [0.2, 0.25) is 0 Å². The van der Waals surface area contributed by atoms with Gasteiger partial charge >= 0.3 is 11.9 Å². The molecule has 1 aliphatic rings. The van der Waals surface area contributed by atoms with Gasteiger partial charge in [0.25, 0.3) is 0 Å². The molecule has 0 amide bonds. The fourth-order valence-corrected chi connectivity index (χ4v) is 2.23. The number of hydrogen-bond donors (Lipinski definition) is 0. The highest BCUT2D eigenvalue weighted by molar-refractivity contribution is 9.10. The predicted molar refractivity (Wildman–Crippen MR) is 78.5 cm³/mol. The molecule has 0 unspecified atom stereocenters. The zero-order valence-electron chi connectivity index (χ0n) is 11.6. The minimum Gasteiger partial charge on any atom is -0.466 e. The van der Waals surface area contributed by atoms with Crippen LogP contribution in [-0.2, 0) is 23.8 Å². The van der Waals surface area contributed by atoms with Crippen LogP contribution in [0.3, 0.4) is 0 Å². The quantitative estimate of drug-likeness (QED) is 0.771. The summed E-state index contributed by atoms with van der Waals surface area (Å²) in [4.78, 5) is 25.5. The average Bonchev–Trinajstić information content (AvgIpc) is 2.53. The maximum absolute atomic E-state index is 12.1. The van der Waals surface area contributed by atoms with Gasteiger partial charge in [0, 0.05) is 10.2 Å². The van der Waals surface area contributed by atoms with Crippen molar-refractivity contribution in [2.45, 2.75) is 0 Å². The second-order valence-electron chi connectivity index (χ2n) is 4.19. The summed E-state index contributed by atoms with van der Waals surface area (Å²) in [5, 5.41) is 0. The number of anilines is 1. The van der Waals surface area contributed by atoms with Crippen LogP contribution in [0.1, 0.15) is 0 Å². The van der Waals surface area contributed by atoms with E-state index in [0.717, 1.165) is 4.47 Å². The standard InChI is InChI=1S/C14H14BrNO5/c1-19-13(17)11-7-21-8-16(12(11)14(18)20-2)10-5-3-9(15)4-6-10/h3-6H,7-8H2,1-2H3. The SMILES string of the molecule is COC(=O)C1=C(C(=O)OC)N(c2ccc(Br)cc2)COC1. The molecule has 112 valence electrons. The normalized spacial score (nSPS) is 14.9. The Balaban J connectivity index is 2.50. The lowest BCUT2D eigenvalue weighted by Gasteiger charge is -2.31. The molecule has 1 aliphatic heterocycles. The summed E-state index contributed by atoms with van der Waals surface area (Å²) >= 11 is 3.35. The van der Waals surface area contributed by atoms with Gasteiger partial charge in [-0.3, -0.25) is 0 Å². The summed E-state index contributed by atoms with van der Waals surface area (Å²) < 4.78 is 15.8. The second-order valence-corrected chi connectivity index (χ2v) is 5.11. The third-order valence-electron chi connectivity index (χ3n) is 2.97. The van der Waals surface area contributed by atoms with Gasteiger partial charge in [-0.05, 0) is 24.3 Å². The first-order chi connectivity index (χ1) is 10.1. The van der Waals surface area contributed by atoms with Crippen molar-refractivity contribution < 1.29 is 23.8 Å². The maximum atomic E-state index is 12.1. The number of esters is 2. The number of carbonyl (C=O) groups excluding carboxylic acids is 2. The van der Waals surface area contributed by atoms with Crippen molar-refractivity contribution in [3.05, 3.63) is 40.0 Å². The van der Waals surface area contributed by atoms with Gasteiger partial charge in [-0.1, -0.05) is 15.9 Å². The summed E-state index contributed by atoms with van der Waals surface area (Å²) in [7, 11) is 2.52. The van der Waals surface area contributed by atoms with E-state index in [4.69, 9.17) is 14.2 Å². The molecule has 0 saturated heterocycles. The van der Waals surface area contributed by atoms with Crippen LogP contribution >= 0.6 is 15.9 Å². The molecule has 0 N–H and O–H groups in total. The van der Waals surface area contributed by atoms with E-state index in [1.807, 2.05) is 12.1 Å². The molecule has 0 fully saturated rings. The van der Waals surface area contributed by atoms with Crippen molar-refractivity contribution in [3.8, 4) is 0 Å². The van der Waals surface area contributed by atoms with E-state index in [1.165, 1.54) is 14.2 Å². The molecule has 1 aromatic rings. The largest absolute Gasteiger partial charge is 0.466 e. The molecular weight excluding hydrogens is 342 g/mol. The zero-order valence-corrected chi connectivity index (χ0v) is 13.2. The molecular formula is C14H14BrNO5. The highest BCUT2D eigenvalue weighted by Gasteiger charge is 2.32. The first-order valence-electron chi connectivity index (χ1n) is 6.09. The number of benzene rings is 1. The van der Waals surface area contributed by atoms with Crippen LogP contribution in [0.2, 0.25) is 0 Å². The Bertz CT molecular complexity index is 582. The smallest absolute Gasteiger partial charge is 0.355 e. The monoisotopic (exact) mass is 355 g/mol. The molecule has 1 aromatic carbocycles. The second kappa shape index (κ2) is 6.73. The average molecular weight is 356 g/mol. The molecule has 0 spiro atoms. The van der Waals surface area contributed by atoms with E-state index in [0.29, 0.717) is 5.69 Å². The summed E-state index contributed by atoms with van der Waals surface area (Å²) in [5.74, 6) is -1.22. The minimum absolute atomic E-state index is 0.00410. The molecule has 1 heterocycles. The lowest BCUT2D eigenvalue weighted by molar-refractivity contribution is -0.140. The molecule has 2 rings (SSSR count). The number of carbonyl (C=O) groups is 2. The van der Waals surface area contributed by atoms with Crippen LogP contribution in [-0.4, -0.2) is 39.5 Å². The van der Waals surface area contributed by atoms with E-state index in [2.05, 4.69) is 15.9 Å². The Morgan fingerprint density at radius 1 is 1.14 bits per heavy atom. The summed E-state index contributed by atoms with van der Waals surface area (Å²) in [5.41, 5.74) is 0.983. The first-order valence-corrected chi connectivity index (χ1v) is 6.88. The van der Waals surface area contributed by atoms with Gasteiger partial charge in [0.15, 0.2) is 0 Å². The highest BCUT2D eigenvalue weighted by Crippen LogP contribution is 2.27. The molecule has 0 atom stereocenters. The van der Waals surface area contributed by atoms with Crippen molar-refractivity contribution in [2.75, 3.05) is 32.5 Å². The van der Waals surface area contributed by atoms with Gasteiger partial charge < -0.3 is 19.1 Å². The van der Waals surface area contributed by atoms with Gasteiger partial charge in [-0.15, -0.1) is 0 Å². The van der Waals surface area contributed by atoms with Crippen LogP contribution in [0.4, 0.5) is 5.69 Å². The van der Waals surface area contributed by atoms with Crippen molar-refractivity contribution in [2.24, 2.45) is 0 Å². The summed E-state index contributed by atoms with van der Waals surface area (Å²) in [6.45, 7) is 0.149. The van der Waals surface area contributed by atoms with Crippen LogP contribution in [0, 0.1) is 0 Å². The van der Waals surface area contributed by atoms with E-state index in [1.54, 1.807) is 17.0 Å². The maximum Gasteiger partial charge on any atom is 0.355 e. The third kappa shape index (κ3) is 3.25. The molecule has 6 nitrogen and oxygen atoms in total. The predicted octanol–water partition coefficient (Wildman–Crippen LogP) is 1.84. The van der Waals surface area contributed by atoms with Gasteiger partial charge in [0.05, 0.1) is 26.4 Å². The van der Waals surface area contributed by atoms with Crippen molar-refractivity contribution >= 4 is 33.6 Å². The number of ether oxygens (including phenoxy) is 3. The molecule has 0 aromatic heterocycles. The number of halogens is 1. The topological polar surface area (TPSA) is 65.1 Å². The minimum atomic E-state index is -0.614. The lowest BCUT2D eigenvalue weighted by atomic mass is 10.1. The van der Waals surface area contributed by atoms with Crippen molar-refractivity contribution in [3.63, 3.8) is 0 Å². The summed E-state index contributed by atoms with van der Waals surface area (Å²) in [6, 6.07) is 7.26. The number of rotatable bonds is 3. The first kappa shape index (κ1) is 15.5. The zero-order chi connectivity index (χ0) is 15.4. The number of methoxy groups -OCH3 is 2. The number of nitrogens with zero attached hydrogens (tertiary/aromatic N) is 1. The Morgan fingerprint density at radius 3 is 2.33 bits per heavy atom. The Hall–Kier alpha value is -1.86. The van der Waals surface area contributed by atoms with Crippen LogP contribution in [0.5, 0.6) is 0 Å². The molecule has 21 heavy (non-hydrogen) atoms. The lowest BCUT2D eigenvalue weighted by Crippen LogP contribution is -2.38. The van der Waals surface area contributed by atoms with E-state index in [9.17, 15) is 9.59 Å². The fraction of sp³-hybridized carbons (Fsp3) is 0.286. The van der Waals surface area contributed by atoms with Gasteiger partial charge in [-0.2, -0.15) is 0 Å². The third-order valence-corrected chi connectivity index (χ3v) is 3.50. The van der Waals surface area contributed by atoms with Crippen molar-refractivity contribution in [1.82, 2.24) is 0 Å². The van der Waals surface area contributed by atoms with Crippen LogP contribution in [0.25, 0.3) is 0 Å². The molecule has 0 aliphatic carbocycles. The highest BCUT2D eigenvalue weighted by atomic mass is 79.9. The van der Waals surface area contributed by atoms with E-state index in [-0.39, 0.29) is 24.6 Å². The molecule has 0 bridgehead atoms. The van der Waals surface area contributed by atoms with Gasteiger partial charge in [0.1, 0.15) is 12.4 Å². The van der Waals surface area contributed by atoms with E-state index < -0.39 is 11.9 Å². The Labute approximate surface area is 130 Å². The molecule has 0 radical (unpaired) electrons.